The number of amides is 2. The molecule has 1 N–H and O–H groups in total. The number of nitrogens with one attached hydrogen (secondary N) is 1. The van der Waals surface area contributed by atoms with Crippen LogP contribution in [0.1, 0.15) is 36.9 Å². The molecule has 3 aromatic rings. The molecule has 0 bridgehead atoms. The van der Waals surface area contributed by atoms with Crippen molar-refractivity contribution in [2.75, 3.05) is 6.54 Å². The van der Waals surface area contributed by atoms with Gasteiger partial charge in [-0.1, -0.05) is 48.5 Å². The van der Waals surface area contributed by atoms with Gasteiger partial charge in [-0.25, -0.2) is 4.79 Å². The number of carbonyl (C=O) groups is 1. The van der Waals surface area contributed by atoms with E-state index in [1.165, 1.54) is 5.56 Å². The van der Waals surface area contributed by atoms with E-state index in [1.54, 1.807) is 22.3 Å². The van der Waals surface area contributed by atoms with Crippen molar-refractivity contribution in [1.29, 1.82) is 0 Å². The molecule has 6 nitrogen and oxygen atoms in total. The van der Waals surface area contributed by atoms with Crippen molar-refractivity contribution in [2.24, 2.45) is 0 Å². The van der Waals surface area contributed by atoms with Crippen molar-refractivity contribution < 1.29 is 9.32 Å². The van der Waals surface area contributed by atoms with E-state index < -0.39 is 0 Å². The predicted molar refractivity (Wildman–Crippen MR) is 114 cm³/mol. The number of rotatable bonds is 6. The first-order valence-electron chi connectivity index (χ1n) is 9.48. The lowest BCUT2D eigenvalue weighted by Gasteiger charge is -2.34. The molecule has 0 fully saturated rings. The lowest BCUT2D eigenvalue weighted by Crippen LogP contribution is -2.46. The summed E-state index contributed by atoms with van der Waals surface area (Å²) in [5.74, 6) is 0.951. The molecular weight excluding hydrogens is 384 g/mol. The third kappa shape index (κ3) is 3.61. The van der Waals surface area contributed by atoms with Crippen LogP contribution in [-0.2, 0) is 6.42 Å². The second kappa shape index (κ2) is 8.05. The molecule has 0 spiro atoms. The van der Waals surface area contributed by atoms with Crippen LogP contribution in [-0.4, -0.2) is 27.6 Å². The fourth-order valence-corrected chi connectivity index (χ4v) is 4.09. The number of aromatic nitrogens is 2. The van der Waals surface area contributed by atoms with Crippen molar-refractivity contribution in [3.8, 4) is 10.7 Å². The summed E-state index contributed by atoms with van der Waals surface area (Å²) in [7, 11) is 0. The highest BCUT2D eigenvalue weighted by molar-refractivity contribution is 7.13. The molecule has 2 amide bonds. The summed E-state index contributed by atoms with van der Waals surface area (Å²) in [6.07, 6.45) is 2.65. The van der Waals surface area contributed by atoms with Crippen LogP contribution in [0.5, 0.6) is 0 Å². The number of aryl methyl sites for hydroxylation is 1. The van der Waals surface area contributed by atoms with Crippen molar-refractivity contribution in [3.63, 3.8) is 0 Å². The first kappa shape index (κ1) is 19.1. The smallest absolute Gasteiger partial charge is 0.322 e. The Bertz CT molecular complexity index is 1050. The monoisotopic (exact) mass is 406 g/mol. The Morgan fingerprint density at radius 3 is 2.76 bits per heavy atom. The number of hydrogen-bond donors (Lipinski definition) is 1. The Labute approximate surface area is 173 Å². The van der Waals surface area contributed by atoms with E-state index >= 15 is 0 Å². The topological polar surface area (TPSA) is 71.3 Å². The molecule has 3 heterocycles. The Morgan fingerprint density at radius 2 is 2.10 bits per heavy atom. The minimum Gasteiger partial charge on any atom is -0.334 e. The number of urea groups is 1. The second-order valence-corrected chi connectivity index (χ2v) is 7.72. The highest BCUT2D eigenvalue weighted by Crippen LogP contribution is 2.37. The SMILES string of the molecule is C=CCN1C(=O)NC(c2ccc(CC)cc2)C(c2nc(-c3cccs3)no2)=C1C. The van der Waals surface area contributed by atoms with Crippen LogP contribution in [0.15, 0.2) is 64.7 Å². The fraction of sp³-hybridized carbons (Fsp3) is 0.227. The van der Waals surface area contributed by atoms with E-state index in [1.807, 2.05) is 36.6 Å². The van der Waals surface area contributed by atoms with Crippen LogP contribution >= 0.6 is 11.3 Å². The molecule has 7 heteroatoms. The average molecular weight is 407 g/mol. The van der Waals surface area contributed by atoms with Gasteiger partial charge in [-0.2, -0.15) is 4.98 Å². The summed E-state index contributed by atoms with van der Waals surface area (Å²) < 4.78 is 5.64. The third-order valence-electron chi connectivity index (χ3n) is 5.03. The fourth-order valence-electron chi connectivity index (χ4n) is 3.44. The van der Waals surface area contributed by atoms with E-state index in [2.05, 4.69) is 41.1 Å². The van der Waals surface area contributed by atoms with Crippen LogP contribution in [0.4, 0.5) is 4.79 Å². The zero-order chi connectivity index (χ0) is 20.4. The summed E-state index contributed by atoms with van der Waals surface area (Å²) in [5.41, 5.74) is 3.79. The second-order valence-electron chi connectivity index (χ2n) is 6.78. The van der Waals surface area contributed by atoms with Gasteiger partial charge in [0.1, 0.15) is 0 Å². The Kier molecular flexibility index (Phi) is 5.31. The van der Waals surface area contributed by atoms with Gasteiger partial charge >= 0.3 is 6.03 Å². The molecule has 0 saturated heterocycles. The molecule has 1 atom stereocenters. The normalized spacial score (nSPS) is 16.8. The number of benzene rings is 1. The van der Waals surface area contributed by atoms with Gasteiger partial charge in [0, 0.05) is 12.2 Å². The number of thiophene rings is 1. The lowest BCUT2D eigenvalue weighted by atomic mass is 9.94. The third-order valence-corrected chi connectivity index (χ3v) is 5.89. The maximum Gasteiger partial charge on any atom is 0.322 e. The molecular formula is C22H22N4O2S. The number of hydrogen-bond acceptors (Lipinski definition) is 5. The van der Waals surface area contributed by atoms with Crippen LogP contribution in [0.3, 0.4) is 0 Å². The van der Waals surface area contributed by atoms with Gasteiger partial charge in [-0.15, -0.1) is 17.9 Å². The Balaban J connectivity index is 1.81. The van der Waals surface area contributed by atoms with Gasteiger partial charge in [0.2, 0.25) is 5.82 Å². The highest BCUT2D eigenvalue weighted by Gasteiger charge is 2.35. The van der Waals surface area contributed by atoms with Crippen molar-refractivity contribution in [1.82, 2.24) is 20.4 Å². The molecule has 0 radical (unpaired) electrons. The summed E-state index contributed by atoms with van der Waals surface area (Å²) in [5, 5.41) is 9.21. The molecule has 1 aromatic carbocycles. The summed E-state index contributed by atoms with van der Waals surface area (Å²) >= 11 is 1.55. The van der Waals surface area contributed by atoms with Gasteiger partial charge in [0.15, 0.2) is 0 Å². The first-order chi connectivity index (χ1) is 14.1. The maximum atomic E-state index is 12.7. The number of nitrogens with zero attached hydrogens (tertiary/aromatic N) is 3. The average Bonchev–Trinajstić information content (AvgIpc) is 3.42. The van der Waals surface area contributed by atoms with E-state index in [9.17, 15) is 4.79 Å². The molecule has 0 aliphatic carbocycles. The summed E-state index contributed by atoms with van der Waals surface area (Å²) in [6, 6.07) is 11.6. The summed E-state index contributed by atoms with van der Waals surface area (Å²) in [4.78, 5) is 19.9. The van der Waals surface area contributed by atoms with Crippen LogP contribution < -0.4 is 5.32 Å². The van der Waals surface area contributed by atoms with Gasteiger partial charge in [0.05, 0.1) is 16.5 Å². The van der Waals surface area contributed by atoms with E-state index in [-0.39, 0.29) is 12.1 Å². The van der Waals surface area contributed by atoms with E-state index in [0.29, 0.717) is 18.3 Å². The molecule has 1 unspecified atom stereocenters. The number of allylic oxidation sites excluding steroid dienone is 1. The molecule has 0 saturated carbocycles. The quantitative estimate of drug-likeness (QED) is 0.582. The first-order valence-corrected chi connectivity index (χ1v) is 10.4. The Morgan fingerprint density at radius 1 is 1.31 bits per heavy atom. The molecule has 29 heavy (non-hydrogen) atoms. The van der Waals surface area contributed by atoms with E-state index in [0.717, 1.165) is 28.1 Å². The van der Waals surface area contributed by atoms with Gasteiger partial charge < -0.3 is 9.84 Å². The van der Waals surface area contributed by atoms with E-state index in [4.69, 9.17) is 4.52 Å². The highest BCUT2D eigenvalue weighted by atomic mass is 32.1. The number of carbonyl (C=O) groups excluding carboxylic acids is 1. The van der Waals surface area contributed by atoms with Crippen LogP contribution in [0.25, 0.3) is 16.3 Å². The van der Waals surface area contributed by atoms with Crippen LogP contribution in [0.2, 0.25) is 0 Å². The minimum atomic E-state index is -0.369. The predicted octanol–water partition coefficient (Wildman–Crippen LogP) is 5.04. The van der Waals surface area contributed by atoms with Gasteiger partial charge in [-0.3, -0.25) is 4.90 Å². The minimum absolute atomic E-state index is 0.172. The van der Waals surface area contributed by atoms with Gasteiger partial charge in [0.25, 0.3) is 5.89 Å². The van der Waals surface area contributed by atoms with Crippen molar-refractivity contribution in [3.05, 3.63) is 77.1 Å². The molecule has 1 aliphatic rings. The maximum absolute atomic E-state index is 12.7. The molecule has 2 aromatic heterocycles. The molecule has 4 rings (SSSR count). The largest absolute Gasteiger partial charge is 0.334 e. The Hall–Kier alpha value is -3.19. The van der Waals surface area contributed by atoms with Crippen molar-refractivity contribution in [2.45, 2.75) is 26.3 Å². The molecule has 1 aliphatic heterocycles. The molecule has 148 valence electrons. The van der Waals surface area contributed by atoms with Crippen molar-refractivity contribution >= 4 is 22.9 Å². The summed E-state index contributed by atoms with van der Waals surface area (Å²) in [6.45, 7) is 8.18. The zero-order valence-electron chi connectivity index (χ0n) is 16.4. The lowest BCUT2D eigenvalue weighted by molar-refractivity contribution is 0.209. The standard InChI is InChI=1S/C22H22N4O2S/c1-4-12-26-14(3)18(21-24-20(25-28-21)17-7-6-13-29-17)19(23-22(26)27)16-10-8-15(5-2)9-11-16/h4,6-11,13,19H,1,5,12H2,2-3H3,(H,23,27). The van der Waals surface area contributed by atoms with Crippen LogP contribution in [0, 0.1) is 0 Å². The van der Waals surface area contributed by atoms with Gasteiger partial charge in [-0.05, 0) is 35.9 Å². The zero-order valence-corrected chi connectivity index (χ0v) is 17.2.